The summed E-state index contributed by atoms with van der Waals surface area (Å²) in [6, 6.07) is 8.90. The molecular formula is C21H25NO3. The fourth-order valence-corrected chi connectivity index (χ4v) is 5.59. The monoisotopic (exact) mass is 339 g/mol. The molecule has 2 heterocycles. The lowest BCUT2D eigenvalue weighted by Gasteiger charge is -2.45. The van der Waals surface area contributed by atoms with Crippen LogP contribution in [-0.2, 0) is 19.7 Å². The third-order valence-electron chi connectivity index (χ3n) is 7.17. The van der Waals surface area contributed by atoms with Gasteiger partial charge in [0.05, 0.1) is 13.0 Å². The molecule has 25 heavy (non-hydrogen) atoms. The van der Waals surface area contributed by atoms with Gasteiger partial charge in [0.1, 0.15) is 0 Å². The number of carbonyl (C=O) groups excluding carboxylic acids is 2. The first-order chi connectivity index (χ1) is 12.0. The minimum absolute atomic E-state index is 0.0158. The molecule has 0 bridgehead atoms. The molecule has 4 heteroatoms. The van der Waals surface area contributed by atoms with Crippen LogP contribution in [0, 0.1) is 24.2 Å². The predicted octanol–water partition coefficient (Wildman–Crippen LogP) is 2.83. The molecule has 1 aromatic rings. The number of piperidine rings is 1. The Hall–Kier alpha value is -1.84. The molecule has 2 saturated heterocycles. The highest BCUT2D eigenvalue weighted by molar-refractivity contribution is 5.81. The number of ether oxygens (including phenoxy) is 1. The molecule has 5 rings (SSSR count). The maximum atomic E-state index is 12.9. The van der Waals surface area contributed by atoms with Crippen LogP contribution in [0.25, 0.3) is 0 Å². The first-order valence-electron chi connectivity index (χ1n) is 9.51. The molecule has 0 N–H and O–H groups in total. The molecule has 1 aromatic carbocycles. The molecule has 2 aliphatic carbocycles. The summed E-state index contributed by atoms with van der Waals surface area (Å²) in [7, 11) is 0. The van der Waals surface area contributed by atoms with Crippen molar-refractivity contribution in [2.45, 2.75) is 44.4 Å². The number of carbonyl (C=O) groups is 2. The number of nitrogens with zero attached hydrogens (tertiary/aromatic N) is 1. The Morgan fingerprint density at radius 3 is 2.80 bits per heavy atom. The Kier molecular flexibility index (Phi) is 3.14. The topological polar surface area (TPSA) is 46.6 Å². The Balaban J connectivity index is 1.22. The zero-order valence-corrected chi connectivity index (χ0v) is 14.8. The highest BCUT2D eigenvalue weighted by atomic mass is 16.5. The highest BCUT2D eigenvalue weighted by Gasteiger charge is 2.59. The van der Waals surface area contributed by atoms with Crippen molar-refractivity contribution < 1.29 is 14.3 Å². The van der Waals surface area contributed by atoms with E-state index in [1.54, 1.807) is 0 Å². The van der Waals surface area contributed by atoms with Crippen LogP contribution in [0.1, 0.15) is 43.2 Å². The van der Waals surface area contributed by atoms with E-state index in [2.05, 4.69) is 36.1 Å². The van der Waals surface area contributed by atoms with Gasteiger partial charge in [-0.25, -0.2) is 0 Å². The third kappa shape index (κ3) is 2.33. The van der Waals surface area contributed by atoms with E-state index in [1.807, 2.05) is 0 Å². The number of amides is 1. The maximum Gasteiger partial charge on any atom is 0.306 e. The summed E-state index contributed by atoms with van der Waals surface area (Å²) >= 11 is 0. The Bertz CT molecular complexity index is 751. The summed E-state index contributed by atoms with van der Waals surface area (Å²) in [6.45, 7) is 4.46. The number of esters is 1. The van der Waals surface area contributed by atoms with Crippen LogP contribution in [-0.4, -0.2) is 36.5 Å². The molecule has 132 valence electrons. The normalized spacial score (nSPS) is 38.9. The number of cyclic esters (lactones) is 1. The van der Waals surface area contributed by atoms with Crippen LogP contribution in [0.4, 0.5) is 0 Å². The van der Waals surface area contributed by atoms with Crippen molar-refractivity contribution >= 4 is 11.9 Å². The van der Waals surface area contributed by atoms with E-state index in [9.17, 15) is 9.59 Å². The number of fused-ring (bicyclic) bond motifs is 1. The lowest BCUT2D eigenvalue weighted by molar-refractivity contribution is -0.145. The lowest BCUT2D eigenvalue weighted by atomic mass is 9.61. The quantitative estimate of drug-likeness (QED) is 0.779. The van der Waals surface area contributed by atoms with E-state index in [0.717, 1.165) is 32.4 Å². The smallest absolute Gasteiger partial charge is 0.306 e. The summed E-state index contributed by atoms with van der Waals surface area (Å²) in [5, 5.41) is 0. The van der Waals surface area contributed by atoms with Crippen molar-refractivity contribution in [3.8, 4) is 0 Å². The molecule has 1 amide bonds. The van der Waals surface area contributed by atoms with Gasteiger partial charge in [-0.15, -0.1) is 0 Å². The number of hydrogen-bond acceptors (Lipinski definition) is 3. The number of hydrogen-bond donors (Lipinski definition) is 0. The van der Waals surface area contributed by atoms with Gasteiger partial charge in [0.15, 0.2) is 0 Å². The van der Waals surface area contributed by atoms with E-state index in [4.69, 9.17) is 4.74 Å². The zero-order valence-electron chi connectivity index (χ0n) is 14.8. The molecule has 4 fully saturated rings. The number of aryl methyl sites for hydroxylation is 1. The number of rotatable bonds is 2. The van der Waals surface area contributed by atoms with E-state index < -0.39 is 0 Å². The summed E-state index contributed by atoms with van der Waals surface area (Å²) in [5.41, 5.74) is 3.10. The minimum Gasteiger partial charge on any atom is -0.465 e. The Labute approximate surface area is 148 Å². The van der Waals surface area contributed by atoms with Crippen molar-refractivity contribution in [2.24, 2.45) is 17.3 Å². The predicted molar refractivity (Wildman–Crippen MR) is 92.9 cm³/mol. The second-order valence-corrected chi connectivity index (χ2v) is 8.90. The van der Waals surface area contributed by atoms with Crippen molar-refractivity contribution in [3.63, 3.8) is 0 Å². The average molecular weight is 339 g/mol. The molecular weight excluding hydrogens is 314 g/mol. The van der Waals surface area contributed by atoms with Gasteiger partial charge < -0.3 is 9.64 Å². The average Bonchev–Trinajstić information content (AvgIpc) is 3.19. The zero-order chi connectivity index (χ0) is 17.2. The molecule has 4 nitrogen and oxygen atoms in total. The van der Waals surface area contributed by atoms with Gasteiger partial charge in [-0.2, -0.15) is 0 Å². The third-order valence-corrected chi connectivity index (χ3v) is 7.17. The van der Waals surface area contributed by atoms with Gasteiger partial charge in [0.25, 0.3) is 0 Å². The van der Waals surface area contributed by atoms with Gasteiger partial charge in [-0.3, -0.25) is 9.59 Å². The van der Waals surface area contributed by atoms with Crippen LogP contribution in [0.15, 0.2) is 24.3 Å². The van der Waals surface area contributed by atoms with Gasteiger partial charge in [0.2, 0.25) is 5.91 Å². The fraction of sp³-hybridized carbons (Fsp3) is 0.619. The van der Waals surface area contributed by atoms with Crippen LogP contribution < -0.4 is 0 Å². The molecule has 2 saturated carbocycles. The van der Waals surface area contributed by atoms with Gasteiger partial charge in [0, 0.05) is 29.8 Å². The second-order valence-electron chi connectivity index (χ2n) is 8.90. The van der Waals surface area contributed by atoms with Gasteiger partial charge in [-0.05, 0) is 44.1 Å². The van der Waals surface area contributed by atoms with E-state index >= 15 is 0 Å². The van der Waals surface area contributed by atoms with Crippen LogP contribution >= 0.6 is 0 Å². The van der Waals surface area contributed by atoms with Crippen LogP contribution in [0.5, 0.6) is 0 Å². The van der Waals surface area contributed by atoms with Crippen molar-refractivity contribution in [3.05, 3.63) is 35.4 Å². The molecule has 0 aromatic heterocycles. The van der Waals surface area contributed by atoms with Crippen molar-refractivity contribution in [1.29, 1.82) is 0 Å². The molecule has 2 atom stereocenters. The standard InChI is InChI=1S/C21H25NO3/c1-14-3-2-4-16(7-14)21-5-6-22(12-17(21)10-21)19(24)15-8-20(9-15)11-18(23)25-13-20/h2-4,7,15,17H,5-6,8-13H2,1H3. The van der Waals surface area contributed by atoms with Crippen molar-refractivity contribution in [2.75, 3.05) is 19.7 Å². The minimum atomic E-state index is -0.0928. The first kappa shape index (κ1) is 15.4. The van der Waals surface area contributed by atoms with Gasteiger partial charge in [-0.1, -0.05) is 29.8 Å². The Morgan fingerprint density at radius 2 is 2.12 bits per heavy atom. The van der Waals surface area contributed by atoms with E-state index in [-0.39, 0.29) is 17.3 Å². The summed E-state index contributed by atoms with van der Waals surface area (Å²) in [5.74, 6) is 0.955. The molecule has 0 radical (unpaired) electrons. The summed E-state index contributed by atoms with van der Waals surface area (Å²) < 4.78 is 5.12. The van der Waals surface area contributed by atoms with Crippen LogP contribution in [0.3, 0.4) is 0 Å². The van der Waals surface area contributed by atoms with Crippen molar-refractivity contribution in [1.82, 2.24) is 4.90 Å². The number of benzene rings is 1. The molecule has 4 aliphatic rings. The lowest BCUT2D eigenvalue weighted by Crippen LogP contribution is -2.50. The van der Waals surface area contributed by atoms with Crippen LogP contribution in [0.2, 0.25) is 0 Å². The van der Waals surface area contributed by atoms with E-state index in [0.29, 0.717) is 30.3 Å². The first-order valence-corrected chi connectivity index (χ1v) is 9.51. The summed E-state index contributed by atoms with van der Waals surface area (Å²) in [6.07, 6.45) is 4.49. The Morgan fingerprint density at radius 1 is 1.28 bits per heavy atom. The summed E-state index contributed by atoms with van der Waals surface area (Å²) in [4.78, 5) is 26.3. The van der Waals surface area contributed by atoms with Gasteiger partial charge >= 0.3 is 5.97 Å². The largest absolute Gasteiger partial charge is 0.465 e. The highest BCUT2D eigenvalue weighted by Crippen LogP contribution is 2.60. The molecule has 1 spiro atoms. The SMILES string of the molecule is Cc1cccc(C23CCN(C(=O)C4CC5(COC(=O)C5)C4)CC2C3)c1. The maximum absolute atomic E-state index is 12.9. The molecule has 2 unspecified atom stereocenters. The number of likely N-dealkylation sites (tertiary alicyclic amines) is 1. The second kappa shape index (κ2) is 5.09. The van der Waals surface area contributed by atoms with E-state index in [1.165, 1.54) is 17.5 Å². The molecule has 2 aliphatic heterocycles. The fourth-order valence-electron chi connectivity index (χ4n) is 5.59.